The quantitative estimate of drug-likeness (QED) is 0.126. The molecule has 0 unspecified atom stereocenters. The maximum Gasteiger partial charge on any atom is 0.408 e. The molecule has 18 heteroatoms. The Morgan fingerprint density at radius 2 is 1.63 bits per heavy atom. The Hall–Kier alpha value is -5.70. The van der Waals surface area contributed by atoms with E-state index in [1.165, 1.54) is 34.9 Å². The third kappa shape index (κ3) is 9.40. The van der Waals surface area contributed by atoms with Crippen LogP contribution in [0.3, 0.4) is 0 Å². The molecule has 4 atom stereocenters. The summed E-state index contributed by atoms with van der Waals surface area (Å²) in [4.78, 5) is 62.2. The maximum absolute atomic E-state index is 13.9. The fourth-order valence-electron chi connectivity index (χ4n) is 4.01. The number of carbonyl (C=O) groups excluding carboxylic acids is 4. The Morgan fingerprint density at radius 3 is 2.13 bits per heavy atom. The standard InChI is InChI=1S/C28H33FN6O11/c1-28(2,3)46-27(42)34-21(22(38)13-6-7-15(29)17(10-13)35(43)44)26(41)32-16(8-9-30)24(39)33-20(25(40)31-4)14-11-18(36)23(45-5)19(37)12-14/h6-7,10-12,16,20-22,36-38H,8H2,1-5H3,(H,31,40)(H,32,41)(H,33,39)(H,34,42)/t16-,20+,21+,22+/m0/s1. The van der Waals surface area contributed by atoms with Gasteiger partial charge in [-0.15, -0.1) is 0 Å². The van der Waals surface area contributed by atoms with Crippen molar-refractivity contribution in [2.24, 2.45) is 0 Å². The number of nitrogens with one attached hydrogen (secondary N) is 4. The zero-order valence-electron chi connectivity index (χ0n) is 25.3. The van der Waals surface area contributed by atoms with Crippen molar-refractivity contribution in [3.63, 3.8) is 0 Å². The van der Waals surface area contributed by atoms with Gasteiger partial charge in [-0.25, -0.2) is 4.79 Å². The number of nitro benzene ring substituents is 1. The Kier molecular flexibility index (Phi) is 12.2. The number of aromatic hydroxyl groups is 2. The van der Waals surface area contributed by atoms with Gasteiger partial charge in [0.15, 0.2) is 11.5 Å². The molecule has 0 fully saturated rings. The van der Waals surface area contributed by atoms with Crippen molar-refractivity contribution in [3.05, 3.63) is 57.4 Å². The first-order valence-corrected chi connectivity index (χ1v) is 13.3. The van der Waals surface area contributed by atoms with Crippen LogP contribution in [-0.2, 0) is 19.1 Å². The van der Waals surface area contributed by atoms with E-state index >= 15 is 0 Å². The predicted molar refractivity (Wildman–Crippen MR) is 155 cm³/mol. The van der Waals surface area contributed by atoms with E-state index in [2.05, 4.69) is 21.3 Å². The number of hydrogen-bond acceptors (Lipinski definition) is 12. The van der Waals surface area contributed by atoms with Gasteiger partial charge in [0, 0.05) is 13.1 Å². The highest BCUT2D eigenvalue weighted by atomic mass is 19.1. The highest BCUT2D eigenvalue weighted by molar-refractivity contribution is 5.94. The van der Waals surface area contributed by atoms with Crippen LogP contribution in [0.1, 0.15) is 50.5 Å². The van der Waals surface area contributed by atoms with Crippen molar-refractivity contribution >= 4 is 29.5 Å². The molecule has 2 aromatic rings. The van der Waals surface area contributed by atoms with E-state index in [-0.39, 0.29) is 16.9 Å². The zero-order chi connectivity index (χ0) is 34.9. The normalized spacial score (nSPS) is 13.5. The largest absolute Gasteiger partial charge is 0.504 e. The molecule has 0 aromatic heterocycles. The number of hydrogen-bond donors (Lipinski definition) is 7. The van der Waals surface area contributed by atoms with E-state index in [9.17, 15) is 54.3 Å². The summed E-state index contributed by atoms with van der Waals surface area (Å²) < 4.78 is 23.9. The number of halogens is 1. The SMILES string of the molecule is CNC(=O)[C@H](NC(=O)[C@H](CC#N)NC(=O)[C@H](NC(=O)OC(C)(C)C)[C@H](O)c1ccc(F)c([N+](=O)[O-])c1)c1cc(O)c(OC)c(O)c1. The van der Waals surface area contributed by atoms with Crippen LogP contribution >= 0.6 is 0 Å². The van der Waals surface area contributed by atoms with Crippen LogP contribution in [0.25, 0.3) is 0 Å². The van der Waals surface area contributed by atoms with Crippen molar-refractivity contribution in [2.75, 3.05) is 14.2 Å². The molecule has 4 amide bonds. The number of nitro groups is 1. The Balaban J connectivity index is 2.46. The zero-order valence-corrected chi connectivity index (χ0v) is 25.3. The van der Waals surface area contributed by atoms with Crippen LogP contribution in [0, 0.1) is 27.3 Å². The van der Waals surface area contributed by atoms with Gasteiger partial charge in [-0.2, -0.15) is 9.65 Å². The molecular weight excluding hydrogens is 615 g/mol. The number of nitriles is 1. The molecule has 0 heterocycles. The lowest BCUT2D eigenvalue weighted by Gasteiger charge is -2.28. The lowest BCUT2D eigenvalue weighted by atomic mass is 10.00. The molecule has 46 heavy (non-hydrogen) atoms. The topological polar surface area (TPSA) is 262 Å². The number of phenolic OH excluding ortho intramolecular Hbond substituents is 2. The summed E-state index contributed by atoms with van der Waals surface area (Å²) in [6.45, 7) is 4.50. The molecule has 7 N–H and O–H groups in total. The first kappa shape index (κ1) is 36.5. The van der Waals surface area contributed by atoms with Crippen LogP contribution in [0.4, 0.5) is 14.9 Å². The lowest BCUT2D eigenvalue weighted by molar-refractivity contribution is -0.387. The van der Waals surface area contributed by atoms with Crippen molar-refractivity contribution in [3.8, 4) is 23.3 Å². The second-order valence-electron chi connectivity index (χ2n) is 10.6. The second-order valence-corrected chi connectivity index (χ2v) is 10.6. The number of benzene rings is 2. The van der Waals surface area contributed by atoms with E-state index in [1.807, 2.05) is 0 Å². The first-order valence-electron chi connectivity index (χ1n) is 13.3. The summed E-state index contributed by atoms with van der Waals surface area (Å²) >= 11 is 0. The molecule has 17 nitrogen and oxygen atoms in total. The number of likely N-dealkylation sites (N-methyl/N-ethyl adjacent to an activating group) is 1. The van der Waals surface area contributed by atoms with Gasteiger partial charge < -0.3 is 46.1 Å². The smallest absolute Gasteiger partial charge is 0.408 e. The number of aliphatic hydroxyl groups is 1. The van der Waals surface area contributed by atoms with Gasteiger partial charge in [0.25, 0.3) is 0 Å². The van der Waals surface area contributed by atoms with Crippen LogP contribution in [0.15, 0.2) is 30.3 Å². The third-order valence-corrected chi connectivity index (χ3v) is 6.11. The molecule has 0 spiro atoms. The Labute approximate surface area is 261 Å². The number of carbonyl (C=O) groups is 4. The Bertz CT molecular complexity index is 1520. The molecule has 0 aliphatic rings. The van der Waals surface area contributed by atoms with Gasteiger partial charge in [0.1, 0.15) is 29.8 Å². The number of phenols is 2. The number of nitrogens with zero attached hydrogens (tertiary/aromatic N) is 2. The third-order valence-electron chi connectivity index (χ3n) is 6.11. The summed E-state index contributed by atoms with van der Waals surface area (Å²) in [5.74, 6) is -5.94. The fraction of sp³-hybridized carbons (Fsp3) is 0.393. The summed E-state index contributed by atoms with van der Waals surface area (Å²) in [6, 6.07) is 0.629. The average molecular weight is 649 g/mol. The van der Waals surface area contributed by atoms with Gasteiger partial charge >= 0.3 is 11.8 Å². The average Bonchev–Trinajstić information content (AvgIpc) is 2.96. The monoisotopic (exact) mass is 648 g/mol. The van der Waals surface area contributed by atoms with E-state index in [0.29, 0.717) is 12.1 Å². The number of alkyl carbamates (subject to hydrolysis) is 1. The van der Waals surface area contributed by atoms with Gasteiger partial charge in [0.2, 0.25) is 29.3 Å². The molecule has 2 aromatic carbocycles. The van der Waals surface area contributed by atoms with Crippen LogP contribution in [-0.4, -0.2) is 75.9 Å². The Morgan fingerprint density at radius 1 is 1.02 bits per heavy atom. The van der Waals surface area contributed by atoms with E-state index in [0.717, 1.165) is 18.2 Å². The number of rotatable bonds is 12. The minimum absolute atomic E-state index is 0.122. The highest BCUT2D eigenvalue weighted by Gasteiger charge is 2.36. The molecular formula is C28H33FN6O11. The minimum atomic E-state index is -2.07. The summed E-state index contributed by atoms with van der Waals surface area (Å²) in [7, 11) is 2.40. The summed E-state index contributed by atoms with van der Waals surface area (Å²) in [6.07, 6.45) is -3.99. The highest BCUT2D eigenvalue weighted by Crippen LogP contribution is 2.38. The summed E-state index contributed by atoms with van der Waals surface area (Å²) in [5, 5.41) is 60.8. The van der Waals surface area contributed by atoms with Gasteiger partial charge in [-0.05, 0) is 50.1 Å². The molecule has 0 aliphatic heterocycles. The molecule has 248 valence electrons. The van der Waals surface area contributed by atoms with E-state index < -0.39 is 88.0 Å². The molecule has 0 saturated heterocycles. The second kappa shape index (κ2) is 15.3. The van der Waals surface area contributed by atoms with Crippen LogP contribution in [0.2, 0.25) is 0 Å². The van der Waals surface area contributed by atoms with Crippen molar-refractivity contribution in [1.82, 2.24) is 21.3 Å². The molecule has 2 rings (SSSR count). The van der Waals surface area contributed by atoms with Crippen LogP contribution in [0.5, 0.6) is 17.2 Å². The van der Waals surface area contributed by atoms with Gasteiger partial charge in [-0.1, -0.05) is 6.07 Å². The predicted octanol–water partition coefficient (Wildman–Crippen LogP) is 1.08. The van der Waals surface area contributed by atoms with Crippen molar-refractivity contribution < 1.29 is 53.3 Å². The minimum Gasteiger partial charge on any atom is -0.504 e. The van der Waals surface area contributed by atoms with Crippen molar-refractivity contribution in [1.29, 1.82) is 5.26 Å². The molecule has 0 bridgehead atoms. The molecule has 0 radical (unpaired) electrons. The number of ether oxygens (including phenoxy) is 2. The van der Waals surface area contributed by atoms with E-state index in [1.54, 1.807) is 6.07 Å². The maximum atomic E-state index is 13.9. The molecule has 0 aliphatic carbocycles. The fourth-order valence-corrected chi connectivity index (χ4v) is 4.01. The van der Waals surface area contributed by atoms with Crippen LogP contribution < -0.4 is 26.0 Å². The number of methoxy groups -OCH3 is 1. The lowest BCUT2D eigenvalue weighted by Crippen LogP contribution is -2.56. The molecule has 0 saturated carbocycles. The number of amides is 4. The van der Waals surface area contributed by atoms with Crippen molar-refractivity contribution in [2.45, 2.75) is 57.0 Å². The number of aliphatic hydroxyl groups excluding tert-OH is 1. The first-order chi connectivity index (χ1) is 21.4. The van der Waals surface area contributed by atoms with E-state index in [4.69, 9.17) is 9.47 Å². The van der Waals surface area contributed by atoms with Gasteiger partial charge in [0.05, 0.1) is 24.5 Å². The summed E-state index contributed by atoms with van der Waals surface area (Å²) in [5.41, 5.74) is -2.61. The van der Waals surface area contributed by atoms with Gasteiger partial charge in [-0.3, -0.25) is 24.5 Å².